The van der Waals surface area contributed by atoms with Crippen LogP contribution in [0, 0.1) is 11.3 Å². The first-order valence-electron chi connectivity index (χ1n) is 15.7. The number of sulfonamides is 1. The van der Waals surface area contributed by atoms with E-state index in [0.29, 0.717) is 34.8 Å². The number of rotatable bonds is 7. The molecular formula is C35H40N4O6S. The second-order valence-corrected chi connectivity index (χ2v) is 14.7. The number of hydrogen-bond acceptors (Lipinski definition) is 7. The van der Waals surface area contributed by atoms with Crippen molar-refractivity contribution in [3.63, 3.8) is 0 Å². The van der Waals surface area contributed by atoms with E-state index in [1.165, 1.54) is 17.0 Å². The molecule has 0 saturated carbocycles. The molecule has 11 heteroatoms. The van der Waals surface area contributed by atoms with Crippen LogP contribution in [-0.2, 0) is 30.8 Å². The van der Waals surface area contributed by atoms with Gasteiger partial charge in [-0.15, -0.1) is 0 Å². The first kappa shape index (κ1) is 32.9. The first-order chi connectivity index (χ1) is 21.9. The normalized spacial score (nSPS) is 18.1. The maximum atomic E-state index is 14.4. The lowest BCUT2D eigenvalue weighted by Crippen LogP contribution is -2.61. The summed E-state index contributed by atoms with van der Waals surface area (Å²) in [5.74, 6) is -0.829. The number of benzene rings is 3. The monoisotopic (exact) mass is 644 g/mol. The maximum Gasteiger partial charge on any atom is 0.425 e. The summed E-state index contributed by atoms with van der Waals surface area (Å²) in [5, 5.41) is 10.7. The molecule has 2 unspecified atom stereocenters. The van der Waals surface area contributed by atoms with Gasteiger partial charge in [0.05, 0.1) is 16.5 Å². The predicted octanol–water partition coefficient (Wildman–Crippen LogP) is 5.25. The number of fused-ring (bicyclic) bond motifs is 1. The van der Waals surface area contributed by atoms with E-state index < -0.39 is 39.7 Å². The standard InChI is InChI=1S/C35H40N4O6S/c1-35(2,3)45-34(42)39(46(43,44)29-18-17-27-10-5-6-11-28(27)23-29)30-12-9-21-38(33(30)41)31(32(40)37-19-7-4-8-20-37)22-25-13-15-26(24-36)16-14-25/h5-6,10-11,13-18,23,30-31H,4,7-9,12,19-22H2,1-3H3. The van der Waals surface area contributed by atoms with Gasteiger partial charge in [0.1, 0.15) is 17.7 Å². The molecule has 2 fully saturated rings. The molecule has 0 aromatic heterocycles. The Bertz CT molecular complexity index is 1750. The van der Waals surface area contributed by atoms with Crippen LogP contribution in [0.15, 0.2) is 71.6 Å². The number of carbonyl (C=O) groups excluding carboxylic acids is 3. The molecule has 10 nitrogen and oxygen atoms in total. The predicted molar refractivity (Wildman–Crippen MR) is 173 cm³/mol. The van der Waals surface area contributed by atoms with E-state index in [4.69, 9.17) is 4.74 Å². The molecule has 0 aliphatic carbocycles. The largest absolute Gasteiger partial charge is 0.443 e. The molecule has 0 N–H and O–H groups in total. The lowest BCUT2D eigenvalue weighted by molar-refractivity contribution is -0.150. The number of nitriles is 1. The van der Waals surface area contributed by atoms with Crippen molar-refractivity contribution < 1.29 is 27.5 Å². The molecule has 46 heavy (non-hydrogen) atoms. The summed E-state index contributed by atoms with van der Waals surface area (Å²) >= 11 is 0. The van der Waals surface area contributed by atoms with Gasteiger partial charge in [0, 0.05) is 26.1 Å². The van der Waals surface area contributed by atoms with Crippen molar-refractivity contribution >= 4 is 38.7 Å². The minimum absolute atomic E-state index is 0.0862. The molecule has 0 spiro atoms. The highest BCUT2D eigenvalue weighted by atomic mass is 32.2. The van der Waals surface area contributed by atoms with Crippen LogP contribution in [0.1, 0.15) is 64.0 Å². The van der Waals surface area contributed by atoms with Crippen molar-refractivity contribution in [1.29, 1.82) is 5.26 Å². The Morgan fingerprint density at radius 3 is 2.28 bits per heavy atom. The highest BCUT2D eigenvalue weighted by molar-refractivity contribution is 7.89. The molecule has 0 bridgehead atoms. The van der Waals surface area contributed by atoms with Gasteiger partial charge >= 0.3 is 6.09 Å². The van der Waals surface area contributed by atoms with Crippen LogP contribution < -0.4 is 0 Å². The van der Waals surface area contributed by atoms with Crippen LogP contribution in [0.25, 0.3) is 10.8 Å². The minimum Gasteiger partial charge on any atom is -0.443 e. The van der Waals surface area contributed by atoms with Crippen LogP contribution in [0.3, 0.4) is 0 Å². The van der Waals surface area contributed by atoms with Gasteiger partial charge in [-0.2, -0.15) is 9.57 Å². The van der Waals surface area contributed by atoms with Gasteiger partial charge in [-0.25, -0.2) is 13.2 Å². The molecule has 2 atom stereocenters. The van der Waals surface area contributed by atoms with E-state index in [2.05, 4.69) is 6.07 Å². The number of hydrogen-bond donors (Lipinski definition) is 0. The molecule has 5 rings (SSSR count). The lowest BCUT2D eigenvalue weighted by atomic mass is 9.96. The number of piperidine rings is 2. The molecule has 3 aromatic rings. The van der Waals surface area contributed by atoms with Gasteiger partial charge in [-0.3, -0.25) is 9.59 Å². The Labute approximate surface area is 270 Å². The molecular weight excluding hydrogens is 604 g/mol. The highest BCUT2D eigenvalue weighted by Gasteiger charge is 2.47. The summed E-state index contributed by atoms with van der Waals surface area (Å²) in [4.78, 5) is 45.3. The topological polar surface area (TPSA) is 128 Å². The molecule has 0 radical (unpaired) electrons. The van der Waals surface area contributed by atoms with E-state index >= 15 is 0 Å². The first-order valence-corrected chi connectivity index (χ1v) is 17.2. The average Bonchev–Trinajstić information content (AvgIpc) is 3.04. The second-order valence-electron chi connectivity index (χ2n) is 12.9. The summed E-state index contributed by atoms with van der Waals surface area (Å²) in [5.41, 5.74) is 0.203. The lowest BCUT2D eigenvalue weighted by Gasteiger charge is -2.42. The fourth-order valence-corrected chi connectivity index (χ4v) is 7.65. The number of carbonyl (C=O) groups is 3. The Morgan fingerprint density at radius 1 is 0.957 bits per heavy atom. The van der Waals surface area contributed by atoms with E-state index in [-0.39, 0.29) is 30.2 Å². The molecule has 242 valence electrons. The van der Waals surface area contributed by atoms with Crippen molar-refractivity contribution in [2.45, 2.75) is 81.9 Å². The summed E-state index contributed by atoms with van der Waals surface area (Å²) in [7, 11) is -4.57. The van der Waals surface area contributed by atoms with Crippen LogP contribution in [-0.4, -0.2) is 77.7 Å². The zero-order valence-electron chi connectivity index (χ0n) is 26.5. The molecule has 2 aliphatic heterocycles. The van der Waals surface area contributed by atoms with Crippen LogP contribution in [0.4, 0.5) is 4.79 Å². The van der Waals surface area contributed by atoms with Gasteiger partial charge < -0.3 is 14.5 Å². The molecule has 3 aromatic carbocycles. The Morgan fingerprint density at radius 2 is 1.63 bits per heavy atom. The van der Waals surface area contributed by atoms with E-state index in [1.54, 1.807) is 68.1 Å². The van der Waals surface area contributed by atoms with Crippen molar-refractivity contribution in [3.05, 3.63) is 77.9 Å². The van der Waals surface area contributed by atoms with Crippen LogP contribution in [0.2, 0.25) is 0 Å². The van der Waals surface area contributed by atoms with Gasteiger partial charge in [-0.1, -0.05) is 42.5 Å². The quantitative estimate of drug-likeness (QED) is 0.344. The van der Waals surface area contributed by atoms with Crippen LogP contribution >= 0.6 is 0 Å². The molecule has 2 heterocycles. The Kier molecular flexibility index (Phi) is 9.68. The van der Waals surface area contributed by atoms with Gasteiger partial charge in [-0.05, 0) is 93.5 Å². The molecule has 2 aliphatic rings. The van der Waals surface area contributed by atoms with Gasteiger partial charge in [0.25, 0.3) is 10.0 Å². The summed E-state index contributed by atoms with van der Waals surface area (Å²) in [6.07, 6.45) is 2.25. The Balaban J connectivity index is 1.53. The molecule has 2 saturated heterocycles. The third-order valence-electron chi connectivity index (χ3n) is 8.42. The smallest absolute Gasteiger partial charge is 0.425 e. The number of amides is 3. The van der Waals surface area contributed by atoms with Gasteiger partial charge in [0.15, 0.2) is 0 Å². The fourth-order valence-electron chi connectivity index (χ4n) is 6.14. The highest BCUT2D eigenvalue weighted by Crippen LogP contribution is 2.31. The zero-order valence-corrected chi connectivity index (χ0v) is 27.3. The number of ether oxygens (including phenoxy) is 1. The number of nitrogens with zero attached hydrogens (tertiary/aromatic N) is 4. The SMILES string of the molecule is CC(C)(C)OC(=O)N(C1CCCN(C(Cc2ccc(C#N)cc2)C(=O)N2CCCCC2)C1=O)S(=O)(=O)c1ccc2ccccc2c1. The number of likely N-dealkylation sites (tertiary alicyclic amines) is 2. The van der Waals surface area contributed by atoms with Crippen molar-refractivity contribution in [2.75, 3.05) is 19.6 Å². The van der Waals surface area contributed by atoms with E-state index in [9.17, 15) is 28.1 Å². The van der Waals surface area contributed by atoms with Gasteiger partial charge in [0.2, 0.25) is 11.8 Å². The summed E-state index contributed by atoms with van der Waals surface area (Å²) in [6, 6.07) is 18.5. The minimum atomic E-state index is -4.57. The summed E-state index contributed by atoms with van der Waals surface area (Å²) in [6.45, 7) is 6.28. The van der Waals surface area contributed by atoms with Crippen LogP contribution in [0.5, 0.6) is 0 Å². The van der Waals surface area contributed by atoms with E-state index in [0.717, 1.165) is 30.2 Å². The van der Waals surface area contributed by atoms with Crippen molar-refractivity contribution in [3.8, 4) is 6.07 Å². The maximum absolute atomic E-state index is 14.4. The Hall–Kier alpha value is -4.43. The van der Waals surface area contributed by atoms with Crippen molar-refractivity contribution in [1.82, 2.24) is 14.1 Å². The average molecular weight is 645 g/mol. The van der Waals surface area contributed by atoms with Crippen molar-refractivity contribution in [2.24, 2.45) is 0 Å². The zero-order chi connectivity index (χ0) is 33.1. The van der Waals surface area contributed by atoms with E-state index in [1.807, 2.05) is 12.1 Å². The molecule has 3 amide bonds. The summed E-state index contributed by atoms with van der Waals surface area (Å²) < 4.78 is 34.8. The fraction of sp³-hybridized carbons (Fsp3) is 0.429. The second kappa shape index (κ2) is 13.5. The third-order valence-corrected chi connectivity index (χ3v) is 10.2. The third kappa shape index (κ3) is 7.18.